The predicted molar refractivity (Wildman–Crippen MR) is 51.2 cm³/mol. The molecular weight excluding hydrogens is 188 g/mol. The van der Waals surface area contributed by atoms with Crippen LogP contribution < -0.4 is 0 Å². The van der Waals surface area contributed by atoms with Gasteiger partial charge in [-0.25, -0.2) is 4.98 Å². The Labute approximate surface area is 78.6 Å². The van der Waals surface area contributed by atoms with Crippen LogP contribution >= 0.6 is 11.8 Å². The van der Waals surface area contributed by atoms with Crippen molar-refractivity contribution in [2.24, 2.45) is 0 Å². The van der Waals surface area contributed by atoms with Gasteiger partial charge in [-0.05, 0) is 6.26 Å². The van der Waals surface area contributed by atoms with E-state index in [2.05, 4.69) is 9.97 Å². The molecule has 0 bridgehead atoms. The van der Waals surface area contributed by atoms with Crippen molar-refractivity contribution in [3.05, 3.63) is 12.1 Å². The van der Waals surface area contributed by atoms with Crippen LogP contribution in [0.4, 0.5) is 0 Å². The molecule has 0 aliphatic carbocycles. The van der Waals surface area contributed by atoms with E-state index in [0.717, 1.165) is 10.7 Å². The molecule has 0 saturated carbocycles. The van der Waals surface area contributed by atoms with E-state index in [1.807, 2.05) is 6.26 Å². The molecule has 3 N–H and O–H groups in total. The number of nitrogens with zero attached hydrogens (tertiary/aromatic N) is 1. The molecule has 0 radical (unpaired) electrons. The summed E-state index contributed by atoms with van der Waals surface area (Å²) in [5.41, 5.74) is 1.37. The summed E-state index contributed by atoms with van der Waals surface area (Å²) in [6.07, 6.45) is 1.90. The molecule has 4 nitrogen and oxygen atoms in total. The summed E-state index contributed by atoms with van der Waals surface area (Å²) in [5.74, 6) is -0.282. The average Bonchev–Trinajstić information content (AvgIpc) is 2.48. The molecule has 0 atom stereocenters. The summed E-state index contributed by atoms with van der Waals surface area (Å²) >= 11 is 1.48. The third-order valence-corrected chi connectivity index (χ3v) is 2.33. The Bertz CT molecular complexity index is 414. The summed E-state index contributed by atoms with van der Waals surface area (Å²) in [6.45, 7) is 0. The second-order valence-corrected chi connectivity index (χ2v) is 3.40. The van der Waals surface area contributed by atoms with Gasteiger partial charge in [-0.1, -0.05) is 11.8 Å². The summed E-state index contributed by atoms with van der Waals surface area (Å²) in [7, 11) is 0. The Morgan fingerprint density at radius 3 is 2.69 bits per heavy atom. The number of rotatable bonds is 1. The van der Waals surface area contributed by atoms with Crippen molar-refractivity contribution >= 4 is 22.8 Å². The first kappa shape index (κ1) is 8.25. The first-order valence-corrected chi connectivity index (χ1v) is 4.89. The van der Waals surface area contributed by atoms with Crippen LogP contribution in [0.25, 0.3) is 11.0 Å². The number of nitrogens with one attached hydrogen (secondary N) is 1. The van der Waals surface area contributed by atoms with E-state index in [1.165, 1.54) is 23.9 Å². The van der Waals surface area contributed by atoms with Gasteiger partial charge >= 0.3 is 0 Å². The second kappa shape index (κ2) is 2.85. The van der Waals surface area contributed by atoms with Crippen molar-refractivity contribution in [2.75, 3.05) is 6.26 Å². The van der Waals surface area contributed by atoms with Crippen molar-refractivity contribution < 1.29 is 10.2 Å². The molecule has 1 heterocycles. The number of phenols is 2. The van der Waals surface area contributed by atoms with E-state index in [4.69, 9.17) is 0 Å². The minimum atomic E-state index is -0.147. The van der Waals surface area contributed by atoms with Crippen LogP contribution in [0, 0.1) is 0 Å². The lowest BCUT2D eigenvalue weighted by Crippen LogP contribution is -1.71. The molecule has 0 fully saturated rings. The first-order chi connectivity index (χ1) is 6.20. The highest BCUT2D eigenvalue weighted by Crippen LogP contribution is 2.29. The fourth-order valence-corrected chi connectivity index (χ4v) is 1.51. The van der Waals surface area contributed by atoms with Crippen molar-refractivity contribution in [3.8, 4) is 11.5 Å². The molecule has 2 rings (SSSR count). The van der Waals surface area contributed by atoms with Crippen LogP contribution in [-0.4, -0.2) is 26.4 Å². The predicted octanol–water partition coefficient (Wildman–Crippen LogP) is 1.70. The monoisotopic (exact) mass is 196 g/mol. The fourth-order valence-electron chi connectivity index (χ4n) is 1.11. The highest BCUT2D eigenvalue weighted by Gasteiger charge is 2.06. The maximum Gasteiger partial charge on any atom is 0.166 e. The zero-order valence-corrected chi connectivity index (χ0v) is 7.72. The molecule has 1 aromatic carbocycles. The maximum atomic E-state index is 9.19. The third-order valence-electron chi connectivity index (χ3n) is 1.75. The zero-order chi connectivity index (χ0) is 9.42. The van der Waals surface area contributed by atoms with Crippen LogP contribution in [0.5, 0.6) is 11.5 Å². The Morgan fingerprint density at radius 2 is 2.00 bits per heavy atom. The largest absolute Gasteiger partial charge is 0.504 e. The topological polar surface area (TPSA) is 69.1 Å². The normalized spacial score (nSPS) is 10.8. The quantitative estimate of drug-likeness (QED) is 0.479. The number of imidazole rings is 1. The van der Waals surface area contributed by atoms with Crippen LogP contribution in [0.15, 0.2) is 17.3 Å². The van der Waals surface area contributed by atoms with Crippen molar-refractivity contribution in [1.29, 1.82) is 0 Å². The van der Waals surface area contributed by atoms with Crippen LogP contribution in [0.2, 0.25) is 0 Å². The van der Waals surface area contributed by atoms with Crippen LogP contribution in [-0.2, 0) is 0 Å². The molecule has 0 saturated heterocycles. The van der Waals surface area contributed by atoms with Crippen LogP contribution in [0.1, 0.15) is 0 Å². The molecule has 0 aliphatic rings. The number of aromatic nitrogens is 2. The van der Waals surface area contributed by atoms with Gasteiger partial charge in [-0.3, -0.25) is 0 Å². The number of thioether (sulfide) groups is 1. The SMILES string of the molecule is CSc1nc2cc(O)c(O)cc2[nH]1. The Balaban J connectivity index is 2.70. The molecule has 0 aliphatic heterocycles. The molecule has 2 aromatic rings. The Morgan fingerprint density at radius 1 is 1.31 bits per heavy atom. The van der Waals surface area contributed by atoms with E-state index in [1.54, 1.807) is 0 Å². The number of H-pyrrole nitrogens is 1. The standard InChI is InChI=1S/C8H8N2O2S/c1-13-8-9-4-2-6(11)7(12)3-5(4)10-8/h2-3,11-12H,1H3,(H,9,10). The lowest BCUT2D eigenvalue weighted by Gasteiger charge is -1.94. The number of benzene rings is 1. The molecular formula is C8H8N2O2S. The number of fused-ring (bicyclic) bond motifs is 1. The number of phenolic OH excluding ortho intramolecular Hbond substituents is 2. The lowest BCUT2D eigenvalue weighted by atomic mass is 10.3. The van der Waals surface area contributed by atoms with Gasteiger partial charge in [-0.15, -0.1) is 0 Å². The highest BCUT2D eigenvalue weighted by molar-refractivity contribution is 7.98. The number of hydrogen-bond acceptors (Lipinski definition) is 4. The minimum absolute atomic E-state index is 0.135. The van der Waals surface area contributed by atoms with Gasteiger partial charge in [0, 0.05) is 12.1 Å². The molecule has 13 heavy (non-hydrogen) atoms. The van der Waals surface area contributed by atoms with E-state index in [-0.39, 0.29) is 11.5 Å². The first-order valence-electron chi connectivity index (χ1n) is 3.66. The summed E-state index contributed by atoms with van der Waals surface area (Å²) in [6, 6.07) is 2.89. The molecule has 5 heteroatoms. The van der Waals surface area contributed by atoms with Gasteiger partial charge in [0.2, 0.25) is 0 Å². The number of aromatic hydroxyl groups is 2. The van der Waals surface area contributed by atoms with E-state index in [0.29, 0.717) is 5.52 Å². The number of hydrogen-bond donors (Lipinski definition) is 3. The van der Waals surface area contributed by atoms with Crippen LogP contribution in [0.3, 0.4) is 0 Å². The molecule has 68 valence electrons. The summed E-state index contributed by atoms with van der Waals surface area (Å²) < 4.78 is 0. The van der Waals surface area contributed by atoms with Crippen molar-refractivity contribution in [3.63, 3.8) is 0 Å². The average molecular weight is 196 g/mol. The van der Waals surface area contributed by atoms with Gasteiger partial charge < -0.3 is 15.2 Å². The maximum absolute atomic E-state index is 9.19. The second-order valence-electron chi connectivity index (χ2n) is 2.60. The van der Waals surface area contributed by atoms with Crippen molar-refractivity contribution in [1.82, 2.24) is 9.97 Å². The molecule has 0 amide bonds. The van der Waals surface area contributed by atoms with Gasteiger partial charge in [0.15, 0.2) is 16.7 Å². The molecule has 0 spiro atoms. The summed E-state index contributed by atoms with van der Waals surface area (Å²) in [5, 5.41) is 19.1. The van der Waals surface area contributed by atoms with E-state index < -0.39 is 0 Å². The molecule has 1 aromatic heterocycles. The number of aromatic amines is 1. The smallest absolute Gasteiger partial charge is 0.166 e. The van der Waals surface area contributed by atoms with Gasteiger partial charge in [0.25, 0.3) is 0 Å². The van der Waals surface area contributed by atoms with Gasteiger partial charge in [0.1, 0.15) is 0 Å². The fraction of sp³-hybridized carbons (Fsp3) is 0.125. The highest BCUT2D eigenvalue weighted by atomic mass is 32.2. The van der Waals surface area contributed by atoms with Crippen molar-refractivity contribution in [2.45, 2.75) is 5.16 Å². The van der Waals surface area contributed by atoms with E-state index >= 15 is 0 Å². The lowest BCUT2D eigenvalue weighted by molar-refractivity contribution is 0.405. The van der Waals surface area contributed by atoms with Gasteiger partial charge in [0.05, 0.1) is 11.0 Å². The zero-order valence-electron chi connectivity index (χ0n) is 6.90. The molecule has 0 unspecified atom stereocenters. The van der Waals surface area contributed by atoms with E-state index in [9.17, 15) is 10.2 Å². The summed E-state index contributed by atoms with van der Waals surface area (Å²) in [4.78, 5) is 7.16. The minimum Gasteiger partial charge on any atom is -0.504 e. The Hall–Kier alpha value is -1.36. The Kier molecular flexibility index (Phi) is 1.81. The third kappa shape index (κ3) is 1.31. The van der Waals surface area contributed by atoms with Gasteiger partial charge in [-0.2, -0.15) is 0 Å².